The lowest BCUT2D eigenvalue weighted by Crippen LogP contribution is -1.92. The maximum Gasteiger partial charge on any atom is 0.231 e. The van der Waals surface area contributed by atoms with Crippen LogP contribution in [0.1, 0.15) is 4.88 Å². The van der Waals surface area contributed by atoms with E-state index in [1.807, 2.05) is 30.3 Å². The van der Waals surface area contributed by atoms with Gasteiger partial charge >= 0.3 is 0 Å². The van der Waals surface area contributed by atoms with E-state index in [1.165, 1.54) is 4.88 Å². The summed E-state index contributed by atoms with van der Waals surface area (Å²) in [6, 6.07) is 9.77. The number of hydrogen-bond donors (Lipinski definition) is 1. The zero-order valence-electron chi connectivity index (χ0n) is 11.3. The van der Waals surface area contributed by atoms with Crippen LogP contribution in [0.25, 0.3) is 21.7 Å². The van der Waals surface area contributed by atoms with Crippen LogP contribution in [-0.4, -0.2) is 11.9 Å². The molecule has 0 saturated heterocycles. The van der Waals surface area contributed by atoms with Crippen LogP contribution < -0.4 is 15.2 Å². The molecule has 0 fully saturated rings. The van der Waals surface area contributed by atoms with Gasteiger partial charge in [-0.2, -0.15) is 0 Å². The Morgan fingerprint density at radius 2 is 2.00 bits per heavy atom. The normalized spacial score (nSPS) is 12.8. The molecule has 106 valence electrons. The van der Waals surface area contributed by atoms with E-state index >= 15 is 0 Å². The predicted octanol–water partition coefficient (Wildman–Crippen LogP) is 3.69. The third-order valence-corrected chi connectivity index (χ3v) is 4.36. The van der Waals surface area contributed by atoms with Gasteiger partial charge in [0.05, 0.1) is 10.4 Å². The van der Waals surface area contributed by atoms with E-state index in [4.69, 9.17) is 19.7 Å². The van der Waals surface area contributed by atoms with Crippen LogP contribution >= 0.6 is 11.3 Å². The van der Waals surface area contributed by atoms with Crippen LogP contribution in [0.5, 0.6) is 11.5 Å². The number of fused-ring (bicyclic) bond motifs is 1. The lowest BCUT2D eigenvalue weighted by molar-refractivity contribution is 0.174. The highest BCUT2D eigenvalue weighted by molar-refractivity contribution is 7.15. The van der Waals surface area contributed by atoms with E-state index < -0.39 is 0 Å². The molecule has 1 aliphatic rings. The van der Waals surface area contributed by atoms with Gasteiger partial charge in [0.2, 0.25) is 12.7 Å². The van der Waals surface area contributed by atoms with Crippen molar-refractivity contribution in [1.29, 1.82) is 0 Å². The predicted molar refractivity (Wildman–Crippen MR) is 80.5 cm³/mol. The fraction of sp³-hybridized carbons (Fsp3) is 0.133. The van der Waals surface area contributed by atoms with Gasteiger partial charge < -0.3 is 19.7 Å². The Kier molecular flexibility index (Phi) is 2.65. The molecular weight excluding hydrogens is 288 g/mol. The molecule has 2 aromatic heterocycles. The van der Waals surface area contributed by atoms with E-state index in [1.54, 1.807) is 11.3 Å². The first kappa shape index (κ1) is 12.3. The standard InChI is InChI=1S/C15H12N2O3S/c1-8-2-5-12(21-8)14-13(15(16)20-17-14)9-3-4-10-11(6-9)19-7-18-10/h2-6H,7,16H2,1H3. The van der Waals surface area contributed by atoms with E-state index in [2.05, 4.69) is 12.1 Å². The molecule has 3 heterocycles. The van der Waals surface area contributed by atoms with E-state index in [0.717, 1.165) is 27.4 Å². The van der Waals surface area contributed by atoms with E-state index in [-0.39, 0.29) is 6.79 Å². The fourth-order valence-electron chi connectivity index (χ4n) is 2.36. The number of thiophene rings is 1. The van der Waals surface area contributed by atoms with Crippen molar-refractivity contribution in [3.8, 4) is 33.2 Å². The molecular formula is C15H12N2O3S. The molecule has 1 aromatic carbocycles. The molecule has 0 unspecified atom stereocenters. The van der Waals surface area contributed by atoms with Crippen molar-refractivity contribution in [2.24, 2.45) is 0 Å². The van der Waals surface area contributed by atoms with Crippen LogP contribution in [0.4, 0.5) is 5.88 Å². The number of nitrogens with two attached hydrogens (primary N) is 1. The van der Waals surface area contributed by atoms with Gasteiger partial charge in [-0.05, 0) is 36.8 Å². The lowest BCUT2D eigenvalue weighted by Gasteiger charge is -2.03. The number of aromatic nitrogens is 1. The SMILES string of the molecule is Cc1ccc(-c2noc(N)c2-c2ccc3c(c2)OCO3)s1. The Morgan fingerprint density at radius 1 is 1.14 bits per heavy atom. The average Bonchev–Trinajstić information content (AvgIpc) is 3.17. The summed E-state index contributed by atoms with van der Waals surface area (Å²) >= 11 is 1.65. The molecule has 4 rings (SSSR count). The Labute approximate surface area is 124 Å². The van der Waals surface area contributed by atoms with Gasteiger partial charge in [0.1, 0.15) is 5.69 Å². The molecule has 0 bridgehead atoms. The minimum atomic E-state index is 0.245. The lowest BCUT2D eigenvalue weighted by atomic mass is 10.0. The highest BCUT2D eigenvalue weighted by Gasteiger charge is 2.21. The maximum atomic E-state index is 5.97. The second-order valence-electron chi connectivity index (χ2n) is 4.75. The Morgan fingerprint density at radius 3 is 2.81 bits per heavy atom. The van der Waals surface area contributed by atoms with Gasteiger partial charge in [0.15, 0.2) is 11.5 Å². The third-order valence-electron chi connectivity index (χ3n) is 3.35. The summed E-state index contributed by atoms with van der Waals surface area (Å²) in [6.45, 7) is 2.30. The molecule has 1 aliphatic heterocycles. The van der Waals surface area contributed by atoms with Gasteiger partial charge in [0.25, 0.3) is 0 Å². The first-order valence-electron chi connectivity index (χ1n) is 6.44. The van der Waals surface area contributed by atoms with Crippen molar-refractivity contribution in [2.45, 2.75) is 6.92 Å². The van der Waals surface area contributed by atoms with E-state index in [0.29, 0.717) is 11.6 Å². The minimum Gasteiger partial charge on any atom is -0.454 e. The quantitative estimate of drug-likeness (QED) is 0.781. The smallest absolute Gasteiger partial charge is 0.231 e. The number of nitrogen functional groups attached to an aromatic ring is 1. The highest BCUT2D eigenvalue weighted by atomic mass is 32.1. The van der Waals surface area contributed by atoms with Gasteiger partial charge in [-0.3, -0.25) is 0 Å². The fourth-order valence-corrected chi connectivity index (χ4v) is 3.22. The number of nitrogens with zero attached hydrogens (tertiary/aromatic N) is 1. The van der Waals surface area contributed by atoms with Crippen molar-refractivity contribution < 1.29 is 14.0 Å². The molecule has 5 nitrogen and oxygen atoms in total. The number of anilines is 1. The van der Waals surface area contributed by atoms with Crippen molar-refractivity contribution in [3.63, 3.8) is 0 Å². The van der Waals surface area contributed by atoms with Crippen LogP contribution in [-0.2, 0) is 0 Å². The van der Waals surface area contributed by atoms with Gasteiger partial charge in [-0.1, -0.05) is 11.2 Å². The topological polar surface area (TPSA) is 70.5 Å². The summed E-state index contributed by atoms with van der Waals surface area (Å²) in [5, 5.41) is 4.11. The molecule has 0 radical (unpaired) electrons. The van der Waals surface area contributed by atoms with Gasteiger partial charge in [-0.25, -0.2) is 0 Å². The third kappa shape index (κ3) is 1.95. The summed E-state index contributed by atoms with van der Waals surface area (Å²) in [6.07, 6.45) is 0. The molecule has 0 amide bonds. The highest BCUT2D eigenvalue weighted by Crippen LogP contribution is 2.42. The summed E-state index contributed by atoms with van der Waals surface area (Å²) in [4.78, 5) is 2.24. The number of hydrogen-bond acceptors (Lipinski definition) is 6. The van der Waals surface area contributed by atoms with Crippen molar-refractivity contribution in [2.75, 3.05) is 12.5 Å². The number of benzene rings is 1. The summed E-state index contributed by atoms with van der Waals surface area (Å²) < 4.78 is 15.9. The van der Waals surface area contributed by atoms with Crippen molar-refractivity contribution in [3.05, 3.63) is 35.2 Å². The van der Waals surface area contributed by atoms with Gasteiger partial charge in [-0.15, -0.1) is 11.3 Å². The van der Waals surface area contributed by atoms with Crippen LogP contribution in [0.3, 0.4) is 0 Å². The maximum absolute atomic E-state index is 5.97. The van der Waals surface area contributed by atoms with Crippen LogP contribution in [0.15, 0.2) is 34.9 Å². The van der Waals surface area contributed by atoms with Crippen LogP contribution in [0, 0.1) is 6.92 Å². The average molecular weight is 300 g/mol. The zero-order chi connectivity index (χ0) is 14.4. The van der Waals surface area contributed by atoms with Crippen molar-refractivity contribution in [1.82, 2.24) is 5.16 Å². The zero-order valence-corrected chi connectivity index (χ0v) is 12.1. The molecule has 0 atom stereocenters. The molecule has 0 saturated carbocycles. The second-order valence-corrected chi connectivity index (χ2v) is 6.04. The Bertz CT molecular complexity index is 822. The molecule has 0 spiro atoms. The van der Waals surface area contributed by atoms with Crippen molar-refractivity contribution >= 4 is 17.2 Å². The second kappa shape index (κ2) is 4.53. The number of aryl methyl sites for hydroxylation is 1. The Hall–Kier alpha value is -2.47. The number of rotatable bonds is 2. The summed E-state index contributed by atoms with van der Waals surface area (Å²) in [5.41, 5.74) is 8.41. The van der Waals surface area contributed by atoms with Gasteiger partial charge in [0, 0.05) is 4.88 Å². The molecule has 0 aliphatic carbocycles. The molecule has 2 N–H and O–H groups in total. The number of ether oxygens (including phenoxy) is 2. The monoisotopic (exact) mass is 300 g/mol. The minimum absolute atomic E-state index is 0.245. The Balaban J connectivity index is 1.87. The van der Waals surface area contributed by atoms with E-state index in [9.17, 15) is 0 Å². The molecule has 3 aromatic rings. The van der Waals surface area contributed by atoms with Crippen LogP contribution in [0.2, 0.25) is 0 Å². The largest absolute Gasteiger partial charge is 0.454 e. The summed E-state index contributed by atoms with van der Waals surface area (Å²) in [5.74, 6) is 1.75. The molecule has 21 heavy (non-hydrogen) atoms. The summed E-state index contributed by atoms with van der Waals surface area (Å²) in [7, 11) is 0. The first-order chi connectivity index (χ1) is 10.2. The molecule has 6 heteroatoms. The first-order valence-corrected chi connectivity index (χ1v) is 7.26.